The zero-order chi connectivity index (χ0) is 21.5. The molecule has 1 aliphatic heterocycles. The van der Waals surface area contributed by atoms with Gasteiger partial charge < -0.3 is 9.32 Å². The monoisotopic (exact) mass is 492 g/mol. The Morgan fingerprint density at radius 3 is 2.33 bits per heavy atom. The molecule has 2 atom stereocenters. The van der Waals surface area contributed by atoms with Crippen LogP contribution in [0.4, 0.5) is 10.3 Å². The van der Waals surface area contributed by atoms with Crippen LogP contribution in [0.25, 0.3) is 11.5 Å². The van der Waals surface area contributed by atoms with Crippen molar-refractivity contribution < 1.29 is 17.2 Å². The average Bonchev–Trinajstić information content (AvgIpc) is 3.14. The molecule has 0 N–H and O–H groups in total. The molecule has 158 valence electrons. The number of oxazole rings is 1. The Hall–Kier alpha value is -2.19. The number of benzene rings is 2. The van der Waals surface area contributed by atoms with Gasteiger partial charge in [0, 0.05) is 17.6 Å². The molecule has 0 saturated carbocycles. The summed E-state index contributed by atoms with van der Waals surface area (Å²) >= 11 is 3.32. The Morgan fingerprint density at radius 1 is 1.07 bits per heavy atom. The zero-order valence-electron chi connectivity index (χ0n) is 16.7. The van der Waals surface area contributed by atoms with E-state index in [1.165, 1.54) is 24.3 Å². The summed E-state index contributed by atoms with van der Waals surface area (Å²) in [5, 5.41) is -0.177. The second kappa shape index (κ2) is 8.15. The molecule has 4 rings (SSSR count). The topological polar surface area (TPSA) is 63.4 Å². The van der Waals surface area contributed by atoms with Crippen LogP contribution in [0, 0.1) is 17.7 Å². The van der Waals surface area contributed by atoms with E-state index in [4.69, 9.17) is 4.42 Å². The summed E-state index contributed by atoms with van der Waals surface area (Å²) in [7, 11) is -3.96. The predicted molar refractivity (Wildman–Crippen MR) is 117 cm³/mol. The van der Waals surface area contributed by atoms with Gasteiger partial charge in [-0.1, -0.05) is 41.9 Å². The smallest absolute Gasteiger partial charge is 0.236 e. The third kappa shape index (κ3) is 4.03. The van der Waals surface area contributed by atoms with Crippen molar-refractivity contribution in [1.82, 2.24) is 4.98 Å². The van der Waals surface area contributed by atoms with Crippen molar-refractivity contribution in [2.24, 2.45) is 11.8 Å². The zero-order valence-corrected chi connectivity index (χ0v) is 19.1. The molecular weight excluding hydrogens is 471 g/mol. The van der Waals surface area contributed by atoms with Crippen molar-refractivity contribution in [2.45, 2.75) is 30.2 Å². The van der Waals surface area contributed by atoms with Crippen LogP contribution < -0.4 is 4.90 Å². The number of nitrogens with zero attached hydrogens (tertiary/aromatic N) is 2. The van der Waals surface area contributed by atoms with Crippen LogP contribution >= 0.6 is 15.9 Å². The molecule has 0 aliphatic carbocycles. The SMILES string of the molecule is CC1CC(C)CN(c2oc(-c3ccccc3F)nc2S(=O)(=O)c2ccc(Br)cc2)C1. The van der Waals surface area contributed by atoms with Gasteiger partial charge in [-0.15, -0.1) is 0 Å². The molecule has 0 bridgehead atoms. The van der Waals surface area contributed by atoms with Crippen LogP contribution in [0.3, 0.4) is 0 Å². The molecule has 2 heterocycles. The summed E-state index contributed by atoms with van der Waals surface area (Å²) in [6, 6.07) is 12.4. The third-order valence-electron chi connectivity index (χ3n) is 5.22. The van der Waals surface area contributed by atoms with Crippen LogP contribution in [0.5, 0.6) is 0 Å². The van der Waals surface area contributed by atoms with Crippen molar-refractivity contribution in [1.29, 1.82) is 0 Å². The van der Waals surface area contributed by atoms with Crippen LogP contribution in [-0.4, -0.2) is 26.5 Å². The highest BCUT2D eigenvalue weighted by atomic mass is 79.9. The second-order valence-electron chi connectivity index (χ2n) is 7.92. The van der Waals surface area contributed by atoms with Crippen LogP contribution in [-0.2, 0) is 9.84 Å². The predicted octanol–water partition coefficient (Wildman–Crippen LogP) is 5.56. The highest BCUT2D eigenvalue weighted by Gasteiger charge is 2.34. The summed E-state index contributed by atoms with van der Waals surface area (Å²) in [6.45, 7) is 5.55. The Bertz CT molecular complexity index is 1150. The van der Waals surface area contributed by atoms with Gasteiger partial charge in [0.05, 0.1) is 10.5 Å². The van der Waals surface area contributed by atoms with Crippen molar-refractivity contribution in [2.75, 3.05) is 18.0 Å². The minimum Gasteiger partial charge on any atom is -0.419 e. The molecular formula is C22H22BrFN2O3S. The number of sulfone groups is 1. The van der Waals surface area contributed by atoms with Crippen LogP contribution in [0.15, 0.2) is 67.3 Å². The summed E-state index contributed by atoms with van der Waals surface area (Å²) in [5.74, 6) is 0.371. The molecule has 2 aromatic carbocycles. The summed E-state index contributed by atoms with van der Waals surface area (Å²) in [6.07, 6.45) is 1.06. The third-order valence-corrected chi connectivity index (χ3v) is 7.41. The first kappa shape index (κ1) is 21.1. The Balaban J connectivity index is 1.87. The minimum absolute atomic E-state index is 0.0373. The maximum Gasteiger partial charge on any atom is 0.236 e. The minimum atomic E-state index is -3.96. The van der Waals surface area contributed by atoms with Gasteiger partial charge in [0.1, 0.15) is 5.82 Å². The van der Waals surface area contributed by atoms with Gasteiger partial charge >= 0.3 is 0 Å². The first-order chi connectivity index (χ1) is 14.3. The van der Waals surface area contributed by atoms with Gasteiger partial charge in [-0.2, -0.15) is 4.98 Å². The van der Waals surface area contributed by atoms with Crippen LogP contribution in [0.1, 0.15) is 20.3 Å². The largest absolute Gasteiger partial charge is 0.419 e. The Labute approximate surface area is 184 Å². The molecule has 30 heavy (non-hydrogen) atoms. The lowest BCUT2D eigenvalue weighted by atomic mass is 9.92. The molecule has 8 heteroatoms. The van der Waals surface area contributed by atoms with E-state index in [9.17, 15) is 12.8 Å². The molecule has 0 spiro atoms. The van der Waals surface area contributed by atoms with E-state index < -0.39 is 15.7 Å². The molecule has 0 amide bonds. The van der Waals surface area contributed by atoms with Gasteiger partial charge in [-0.3, -0.25) is 0 Å². The lowest BCUT2D eigenvalue weighted by Gasteiger charge is -2.34. The fraction of sp³-hybridized carbons (Fsp3) is 0.318. The summed E-state index contributed by atoms with van der Waals surface area (Å²) in [5.41, 5.74) is 0.133. The van der Waals surface area contributed by atoms with Gasteiger partial charge in [0.25, 0.3) is 0 Å². The van der Waals surface area contributed by atoms with Crippen molar-refractivity contribution in [3.05, 3.63) is 58.8 Å². The quantitative estimate of drug-likeness (QED) is 0.477. The van der Waals surface area contributed by atoms with Crippen molar-refractivity contribution in [3.63, 3.8) is 0 Å². The van der Waals surface area contributed by atoms with E-state index in [1.54, 1.807) is 24.3 Å². The van der Waals surface area contributed by atoms with Gasteiger partial charge in [0.15, 0.2) is 0 Å². The normalized spacial score (nSPS) is 19.8. The molecule has 2 unspecified atom stereocenters. The lowest BCUT2D eigenvalue weighted by Crippen LogP contribution is -2.39. The Kier molecular flexibility index (Phi) is 5.72. The highest BCUT2D eigenvalue weighted by Crippen LogP contribution is 2.38. The number of hydrogen-bond acceptors (Lipinski definition) is 5. The van der Waals surface area contributed by atoms with E-state index >= 15 is 0 Å². The van der Waals surface area contributed by atoms with E-state index in [0.717, 1.165) is 10.9 Å². The number of halogens is 2. The number of piperidine rings is 1. The molecule has 5 nitrogen and oxygen atoms in total. The van der Waals surface area contributed by atoms with E-state index in [2.05, 4.69) is 34.8 Å². The number of aromatic nitrogens is 1. The molecule has 0 radical (unpaired) electrons. The number of hydrogen-bond donors (Lipinski definition) is 0. The fourth-order valence-corrected chi connectivity index (χ4v) is 5.56. The van der Waals surface area contributed by atoms with Crippen LogP contribution in [0.2, 0.25) is 0 Å². The van der Waals surface area contributed by atoms with Crippen molar-refractivity contribution in [3.8, 4) is 11.5 Å². The van der Waals surface area contributed by atoms with E-state index in [1.807, 2.05) is 4.90 Å². The first-order valence-electron chi connectivity index (χ1n) is 9.77. The number of anilines is 1. The fourth-order valence-electron chi connectivity index (χ4n) is 3.98. The Morgan fingerprint density at radius 2 is 1.70 bits per heavy atom. The maximum atomic E-state index is 14.4. The molecule has 1 aliphatic rings. The van der Waals surface area contributed by atoms with E-state index in [-0.39, 0.29) is 27.3 Å². The van der Waals surface area contributed by atoms with Gasteiger partial charge in [-0.25, -0.2) is 12.8 Å². The van der Waals surface area contributed by atoms with E-state index in [0.29, 0.717) is 24.9 Å². The summed E-state index contributed by atoms with van der Waals surface area (Å²) in [4.78, 5) is 6.32. The standard InChI is InChI=1S/C22H22BrFN2O3S/c1-14-11-15(2)13-26(12-14)22-21(30(27,28)17-9-7-16(23)8-10-17)25-20(29-22)18-5-3-4-6-19(18)24/h3-10,14-15H,11-13H2,1-2H3. The second-order valence-corrected chi connectivity index (χ2v) is 10.7. The molecule has 3 aromatic rings. The molecule has 1 aromatic heterocycles. The summed E-state index contributed by atoms with van der Waals surface area (Å²) < 4.78 is 48.0. The molecule has 1 fully saturated rings. The maximum absolute atomic E-state index is 14.4. The first-order valence-corrected chi connectivity index (χ1v) is 12.0. The molecule has 1 saturated heterocycles. The lowest BCUT2D eigenvalue weighted by molar-refractivity contribution is 0.342. The van der Waals surface area contributed by atoms with Gasteiger partial charge in [0.2, 0.25) is 26.6 Å². The van der Waals surface area contributed by atoms with Gasteiger partial charge in [-0.05, 0) is 54.7 Å². The average molecular weight is 493 g/mol. The van der Waals surface area contributed by atoms with Crippen molar-refractivity contribution >= 4 is 31.7 Å². The highest BCUT2D eigenvalue weighted by molar-refractivity contribution is 9.10. The number of rotatable bonds is 4.